The Morgan fingerprint density at radius 1 is 1.21 bits per heavy atom. The predicted molar refractivity (Wildman–Crippen MR) is 107 cm³/mol. The molecule has 0 spiro atoms. The second kappa shape index (κ2) is 7.91. The Kier molecular flexibility index (Phi) is 5.15. The topological polar surface area (TPSA) is 89.9 Å². The molecule has 11 heteroatoms. The Morgan fingerprint density at radius 2 is 1.94 bits per heavy atom. The maximum atomic E-state index is 13.9. The summed E-state index contributed by atoms with van der Waals surface area (Å²) < 4.78 is 53.5. The Hall–Kier alpha value is -3.34. The third-order valence-electron chi connectivity index (χ3n) is 6.42. The van der Waals surface area contributed by atoms with Crippen LogP contribution < -0.4 is 15.5 Å². The smallest absolute Gasteiger partial charge is 0.276 e. The number of fused-ring (bicyclic) bond motifs is 5. The SMILES string of the molecule is COc1c2n(cc(C(=O)NCc3c(F)cc(F)cc3F)c1=O)CC1O[C@@H]3CC[C@H](C3)N1C2=O. The normalized spacial score (nSPS) is 23.2. The first-order valence-corrected chi connectivity index (χ1v) is 10.5. The number of rotatable bonds is 4. The van der Waals surface area contributed by atoms with Crippen LogP contribution in [0.2, 0.25) is 0 Å². The summed E-state index contributed by atoms with van der Waals surface area (Å²) in [6.45, 7) is -0.408. The van der Waals surface area contributed by atoms with E-state index in [2.05, 4.69) is 5.32 Å². The molecule has 1 N–H and O–H groups in total. The van der Waals surface area contributed by atoms with Crippen LogP contribution in [0.25, 0.3) is 0 Å². The van der Waals surface area contributed by atoms with E-state index in [4.69, 9.17) is 9.47 Å². The summed E-state index contributed by atoms with van der Waals surface area (Å²) in [5, 5.41) is 2.27. The van der Waals surface area contributed by atoms with E-state index in [1.807, 2.05) is 0 Å². The van der Waals surface area contributed by atoms with E-state index in [0.717, 1.165) is 19.3 Å². The summed E-state index contributed by atoms with van der Waals surface area (Å²) in [7, 11) is 1.22. The van der Waals surface area contributed by atoms with Gasteiger partial charge in [0.15, 0.2) is 17.7 Å². The van der Waals surface area contributed by atoms with E-state index >= 15 is 0 Å². The fraction of sp³-hybridized carbons (Fsp3) is 0.409. The van der Waals surface area contributed by atoms with Crippen molar-refractivity contribution >= 4 is 11.8 Å². The van der Waals surface area contributed by atoms with Crippen molar-refractivity contribution in [1.82, 2.24) is 14.8 Å². The summed E-state index contributed by atoms with van der Waals surface area (Å²) in [6.07, 6.45) is 3.17. The first-order valence-electron chi connectivity index (χ1n) is 10.5. The third-order valence-corrected chi connectivity index (χ3v) is 6.42. The molecular formula is C22H20F3N3O5. The van der Waals surface area contributed by atoms with E-state index in [1.54, 1.807) is 4.90 Å². The zero-order valence-electron chi connectivity index (χ0n) is 17.6. The summed E-state index contributed by atoms with van der Waals surface area (Å²) in [6, 6.07) is 1.02. The Labute approximate surface area is 185 Å². The molecule has 2 fully saturated rings. The third kappa shape index (κ3) is 3.47. The maximum Gasteiger partial charge on any atom is 0.276 e. The van der Waals surface area contributed by atoms with Gasteiger partial charge in [-0.25, -0.2) is 13.2 Å². The fourth-order valence-electron chi connectivity index (χ4n) is 4.89. The number of methoxy groups -OCH3 is 1. The minimum Gasteiger partial charge on any atom is -0.491 e. The Bertz CT molecular complexity index is 1210. The first-order chi connectivity index (χ1) is 15.8. The minimum absolute atomic E-state index is 0.0262. The number of aromatic nitrogens is 1. The van der Waals surface area contributed by atoms with Crippen LogP contribution in [0.5, 0.6) is 5.75 Å². The highest BCUT2D eigenvalue weighted by Gasteiger charge is 2.47. The molecule has 3 aliphatic rings. The van der Waals surface area contributed by atoms with Gasteiger partial charge in [0.1, 0.15) is 23.0 Å². The predicted octanol–water partition coefficient (Wildman–Crippen LogP) is 1.94. The van der Waals surface area contributed by atoms with Crippen LogP contribution >= 0.6 is 0 Å². The largest absolute Gasteiger partial charge is 0.491 e. The number of nitrogens with one attached hydrogen (secondary N) is 1. The number of hydrogen-bond donors (Lipinski definition) is 1. The summed E-state index contributed by atoms with van der Waals surface area (Å²) in [5.74, 6) is -5.03. The van der Waals surface area contributed by atoms with Crippen LogP contribution in [-0.4, -0.2) is 46.8 Å². The molecule has 174 valence electrons. The Balaban J connectivity index is 1.47. The monoisotopic (exact) mass is 463 g/mol. The van der Waals surface area contributed by atoms with Gasteiger partial charge in [-0.05, 0) is 19.3 Å². The number of pyridine rings is 1. The number of amides is 2. The van der Waals surface area contributed by atoms with Gasteiger partial charge < -0.3 is 24.3 Å². The number of halogens is 3. The van der Waals surface area contributed by atoms with Gasteiger partial charge in [-0.1, -0.05) is 0 Å². The van der Waals surface area contributed by atoms with Crippen molar-refractivity contribution in [3.05, 3.63) is 62.8 Å². The lowest BCUT2D eigenvalue weighted by Gasteiger charge is -2.44. The molecule has 1 saturated carbocycles. The summed E-state index contributed by atoms with van der Waals surface area (Å²) in [4.78, 5) is 40.6. The number of carbonyl (C=O) groups is 2. The lowest BCUT2D eigenvalue weighted by atomic mass is 10.1. The van der Waals surface area contributed by atoms with Crippen LogP contribution in [0, 0.1) is 17.5 Å². The molecule has 3 atom stereocenters. The lowest BCUT2D eigenvalue weighted by Crippen LogP contribution is -2.57. The van der Waals surface area contributed by atoms with Gasteiger partial charge in [0, 0.05) is 36.5 Å². The molecule has 1 unspecified atom stereocenters. The molecule has 1 aromatic carbocycles. The molecule has 2 aliphatic heterocycles. The molecule has 2 bridgehead atoms. The molecule has 3 heterocycles. The number of nitrogens with zero attached hydrogens (tertiary/aromatic N) is 2. The van der Waals surface area contributed by atoms with Crippen molar-refractivity contribution in [2.45, 2.75) is 50.7 Å². The van der Waals surface area contributed by atoms with Gasteiger partial charge in [-0.2, -0.15) is 0 Å². The highest BCUT2D eigenvalue weighted by atomic mass is 19.1. The van der Waals surface area contributed by atoms with E-state index in [-0.39, 0.29) is 35.7 Å². The molecule has 2 amide bonds. The first kappa shape index (κ1) is 21.5. The molecule has 0 radical (unpaired) electrons. The quantitative estimate of drug-likeness (QED) is 0.749. The highest BCUT2D eigenvalue weighted by molar-refractivity contribution is 5.99. The van der Waals surface area contributed by atoms with E-state index in [0.29, 0.717) is 12.1 Å². The fourth-order valence-corrected chi connectivity index (χ4v) is 4.89. The molecule has 2 aromatic rings. The van der Waals surface area contributed by atoms with Gasteiger partial charge in [-0.15, -0.1) is 0 Å². The molecule has 1 saturated heterocycles. The Morgan fingerprint density at radius 3 is 2.64 bits per heavy atom. The number of benzene rings is 1. The van der Waals surface area contributed by atoms with Gasteiger partial charge in [0.2, 0.25) is 5.43 Å². The zero-order valence-corrected chi connectivity index (χ0v) is 17.6. The van der Waals surface area contributed by atoms with E-state index in [1.165, 1.54) is 17.9 Å². The average Bonchev–Trinajstić information content (AvgIpc) is 3.13. The molecule has 5 rings (SSSR count). The van der Waals surface area contributed by atoms with Crippen molar-refractivity contribution < 1.29 is 32.2 Å². The van der Waals surface area contributed by atoms with Crippen LogP contribution in [0.3, 0.4) is 0 Å². The van der Waals surface area contributed by atoms with Crippen molar-refractivity contribution in [2.24, 2.45) is 0 Å². The molecular weight excluding hydrogens is 443 g/mol. The highest BCUT2D eigenvalue weighted by Crippen LogP contribution is 2.38. The lowest BCUT2D eigenvalue weighted by molar-refractivity contribution is -0.132. The van der Waals surface area contributed by atoms with Gasteiger partial charge >= 0.3 is 0 Å². The number of carbonyl (C=O) groups excluding carboxylic acids is 2. The van der Waals surface area contributed by atoms with Crippen LogP contribution in [0.4, 0.5) is 13.2 Å². The van der Waals surface area contributed by atoms with Gasteiger partial charge in [-0.3, -0.25) is 14.4 Å². The zero-order chi connectivity index (χ0) is 23.4. The minimum atomic E-state index is -1.16. The van der Waals surface area contributed by atoms with E-state index < -0.39 is 53.0 Å². The molecule has 33 heavy (non-hydrogen) atoms. The van der Waals surface area contributed by atoms with Crippen LogP contribution in [-0.2, 0) is 17.8 Å². The van der Waals surface area contributed by atoms with Crippen molar-refractivity contribution in [3.8, 4) is 5.75 Å². The standard InChI is InChI=1S/C22H20F3N3O5/c1-32-20-18-22(31)28-11-2-3-12(6-11)33-17(28)9-27(18)8-14(19(20)29)21(30)26-7-13-15(24)4-10(23)5-16(13)25/h4-5,8,11-12,17H,2-3,6-7,9H2,1H3,(H,26,30)/t11-,12-,17?/m1/s1. The molecule has 8 nitrogen and oxygen atoms in total. The van der Waals surface area contributed by atoms with Crippen molar-refractivity contribution in [1.29, 1.82) is 0 Å². The number of ether oxygens (including phenoxy) is 2. The summed E-state index contributed by atoms with van der Waals surface area (Å²) in [5.41, 5.74) is -1.71. The van der Waals surface area contributed by atoms with Gasteiger partial charge in [0.25, 0.3) is 11.8 Å². The van der Waals surface area contributed by atoms with Crippen molar-refractivity contribution in [3.63, 3.8) is 0 Å². The summed E-state index contributed by atoms with van der Waals surface area (Å²) >= 11 is 0. The van der Waals surface area contributed by atoms with Crippen LogP contribution in [0.1, 0.15) is 45.7 Å². The van der Waals surface area contributed by atoms with Crippen LogP contribution in [0.15, 0.2) is 23.1 Å². The maximum absolute atomic E-state index is 13.9. The second-order valence-electron chi connectivity index (χ2n) is 8.33. The molecule has 1 aliphatic carbocycles. The van der Waals surface area contributed by atoms with E-state index in [9.17, 15) is 27.6 Å². The average molecular weight is 463 g/mol. The van der Waals surface area contributed by atoms with Crippen molar-refractivity contribution in [2.75, 3.05) is 7.11 Å². The number of hydrogen-bond acceptors (Lipinski definition) is 5. The second-order valence-corrected chi connectivity index (χ2v) is 8.33. The van der Waals surface area contributed by atoms with Gasteiger partial charge in [0.05, 0.1) is 19.8 Å². The molecule has 1 aromatic heterocycles.